The number of amides is 1. The van der Waals surface area contributed by atoms with Gasteiger partial charge in [-0.3, -0.25) is 9.48 Å². The zero-order valence-corrected chi connectivity index (χ0v) is 14.9. The zero-order valence-electron chi connectivity index (χ0n) is 14.9. The molecule has 0 aliphatic heterocycles. The molecule has 1 aromatic carbocycles. The van der Waals surface area contributed by atoms with Crippen LogP contribution in [0.3, 0.4) is 0 Å². The molecule has 0 aliphatic carbocycles. The Morgan fingerprint density at radius 3 is 2.64 bits per heavy atom. The Bertz CT molecular complexity index is 880. The molecule has 25 heavy (non-hydrogen) atoms. The van der Waals surface area contributed by atoms with E-state index in [1.165, 1.54) is 0 Å². The van der Waals surface area contributed by atoms with Crippen LogP contribution in [-0.2, 0) is 18.3 Å². The molecule has 1 atom stereocenters. The summed E-state index contributed by atoms with van der Waals surface area (Å²) in [4.78, 5) is 16.9. The van der Waals surface area contributed by atoms with Gasteiger partial charge in [0.25, 0.3) is 0 Å². The van der Waals surface area contributed by atoms with Crippen LogP contribution >= 0.6 is 0 Å². The van der Waals surface area contributed by atoms with Crippen LogP contribution in [0, 0.1) is 13.8 Å². The average molecular weight is 338 g/mol. The Hall–Kier alpha value is -2.89. The summed E-state index contributed by atoms with van der Waals surface area (Å²) in [6.07, 6.45) is 1.97. The van der Waals surface area contributed by atoms with E-state index in [4.69, 9.17) is 4.42 Å². The smallest absolute Gasteiger partial charge is 0.226 e. The minimum atomic E-state index is -0.109. The Morgan fingerprint density at radius 2 is 2.00 bits per heavy atom. The number of nitrogens with zero attached hydrogens (tertiary/aromatic N) is 3. The van der Waals surface area contributed by atoms with E-state index in [-0.39, 0.29) is 18.4 Å². The van der Waals surface area contributed by atoms with Crippen LogP contribution in [0.15, 0.2) is 40.9 Å². The van der Waals surface area contributed by atoms with Gasteiger partial charge in [-0.1, -0.05) is 18.2 Å². The van der Waals surface area contributed by atoms with Crippen molar-refractivity contribution in [2.45, 2.75) is 33.2 Å². The van der Waals surface area contributed by atoms with Crippen molar-refractivity contribution in [3.8, 4) is 11.5 Å². The van der Waals surface area contributed by atoms with Gasteiger partial charge in [0.15, 0.2) is 0 Å². The lowest BCUT2D eigenvalue weighted by Gasteiger charge is -2.13. The molecule has 2 heterocycles. The predicted octanol–water partition coefficient (Wildman–Crippen LogP) is 3.11. The summed E-state index contributed by atoms with van der Waals surface area (Å²) in [7, 11) is 1.89. The van der Waals surface area contributed by atoms with Crippen molar-refractivity contribution in [3.63, 3.8) is 0 Å². The van der Waals surface area contributed by atoms with Crippen molar-refractivity contribution in [1.29, 1.82) is 0 Å². The number of hydrogen-bond acceptors (Lipinski definition) is 4. The fraction of sp³-hybridized carbons (Fsp3) is 0.316. The molecule has 0 unspecified atom stereocenters. The Kier molecular flexibility index (Phi) is 4.70. The molecule has 6 heteroatoms. The van der Waals surface area contributed by atoms with Gasteiger partial charge in [-0.15, -0.1) is 0 Å². The SMILES string of the molecule is Cc1oc(-c2ccccc2)nc1CC(=O)N[C@@H](C)c1cnn(C)c1C. The molecule has 0 radical (unpaired) electrons. The number of aryl methyl sites for hydroxylation is 2. The van der Waals surface area contributed by atoms with Gasteiger partial charge < -0.3 is 9.73 Å². The third-order valence-electron chi connectivity index (χ3n) is 4.36. The zero-order chi connectivity index (χ0) is 18.0. The van der Waals surface area contributed by atoms with Crippen molar-refractivity contribution in [2.75, 3.05) is 0 Å². The van der Waals surface area contributed by atoms with E-state index in [2.05, 4.69) is 15.4 Å². The Balaban J connectivity index is 1.69. The summed E-state index contributed by atoms with van der Waals surface area (Å²) in [5, 5.41) is 7.22. The standard InChI is InChI=1S/C19H22N4O2/c1-12(16-11-20-23(4)13(16)2)21-18(24)10-17-14(3)25-19(22-17)15-8-6-5-7-9-15/h5-9,11-12H,10H2,1-4H3,(H,21,24)/t12-/m0/s1. The van der Waals surface area contributed by atoms with Crippen LogP contribution in [0.5, 0.6) is 0 Å². The van der Waals surface area contributed by atoms with Crippen molar-refractivity contribution in [3.05, 3.63) is 59.2 Å². The van der Waals surface area contributed by atoms with Crippen molar-refractivity contribution < 1.29 is 9.21 Å². The van der Waals surface area contributed by atoms with Gasteiger partial charge in [0, 0.05) is 23.9 Å². The number of aromatic nitrogens is 3. The summed E-state index contributed by atoms with van der Waals surface area (Å²) >= 11 is 0. The van der Waals surface area contributed by atoms with Gasteiger partial charge in [0.2, 0.25) is 11.8 Å². The molecule has 0 aliphatic rings. The topological polar surface area (TPSA) is 73.0 Å². The van der Waals surface area contributed by atoms with E-state index >= 15 is 0 Å². The number of nitrogens with one attached hydrogen (secondary N) is 1. The Labute approximate surface area is 146 Å². The number of hydrogen-bond donors (Lipinski definition) is 1. The first-order valence-electron chi connectivity index (χ1n) is 8.25. The third kappa shape index (κ3) is 3.63. The van der Waals surface area contributed by atoms with Gasteiger partial charge in [-0.05, 0) is 32.9 Å². The number of oxazole rings is 1. The first kappa shape index (κ1) is 17.0. The molecule has 1 amide bonds. The lowest BCUT2D eigenvalue weighted by Crippen LogP contribution is -2.28. The predicted molar refractivity (Wildman–Crippen MR) is 94.9 cm³/mol. The molecular weight excluding hydrogens is 316 g/mol. The van der Waals surface area contributed by atoms with Crippen LogP contribution in [0.4, 0.5) is 0 Å². The van der Waals surface area contributed by atoms with Crippen molar-refractivity contribution in [1.82, 2.24) is 20.1 Å². The molecule has 6 nitrogen and oxygen atoms in total. The third-order valence-corrected chi connectivity index (χ3v) is 4.36. The van der Waals surface area contributed by atoms with Crippen LogP contribution in [0.25, 0.3) is 11.5 Å². The highest BCUT2D eigenvalue weighted by atomic mass is 16.4. The number of rotatable bonds is 5. The maximum absolute atomic E-state index is 12.4. The van der Waals surface area contributed by atoms with Crippen LogP contribution in [-0.4, -0.2) is 20.7 Å². The second-order valence-electron chi connectivity index (χ2n) is 6.16. The van der Waals surface area contributed by atoms with Crippen LogP contribution in [0.2, 0.25) is 0 Å². The minimum absolute atomic E-state index is 0.0910. The molecule has 3 rings (SSSR count). The first-order chi connectivity index (χ1) is 12.0. The summed E-state index contributed by atoms with van der Waals surface area (Å²) in [5.74, 6) is 1.11. The number of benzene rings is 1. The highest BCUT2D eigenvalue weighted by Crippen LogP contribution is 2.22. The van der Waals surface area contributed by atoms with E-state index in [0.717, 1.165) is 16.8 Å². The molecular formula is C19H22N4O2. The number of carbonyl (C=O) groups is 1. The molecule has 0 bridgehead atoms. The van der Waals surface area contributed by atoms with Gasteiger partial charge in [-0.2, -0.15) is 5.10 Å². The Morgan fingerprint density at radius 1 is 1.28 bits per heavy atom. The fourth-order valence-corrected chi connectivity index (χ4v) is 2.76. The maximum atomic E-state index is 12.4. The monoisotopic (exact) mass is 338 g/mol. The quantitative estimate of drug-likeness (QED) is 0.776. The normalized spacial score (nSPS) is 12.2. The van der Waals surface area contributed by atoms with E-state index in [1.54, 1.807) is 10.9 Å². The highest BCUT2D eigenvalue weighted by Gasteiger charge is 2.18. The van der Waals surface area contributed by atoms with E-state index in [0.29, 0.717) is 17.3 Å². The average Bonchev–Trinajstić information content (AvgIpc) is 3.12. The molecule has 3 aromatic rings. The highest BCUT2D eigenvalue weighted by molar-refractivity contribution is 5.79. The van der Waals surface area contributed by atoms with Crippen molar-refractivity contribution in [2.24, 2.45) is 7.05 Å². The second kappa shape index (κ2) is 6.93. The molecule has 0 saturated carbocycles. The lowest BCUT2D eigenvalue weighted by atomic mass is 10.1. The van der Waals surface area contributed by atoms with Crippen LogP contribution in [0.1, 0.15) is 35.7 Å². The van der Waals surface area contributed by atoms with Gasteiger partial charge in [0.1, 0.15) is 5.76 Å². The molecule has 130 valence electrons. The molecule has 0 saturated heterocycles. The van der Waals surface area contributed by atoms with E-state index in [1.807, 2.05) is 58.2 Å². The number of carbonyl (C=O) groups excluding carboxylic acids is 1. The maximum Gasteiger partial charge on any atom is 0.226 e. The van der Waals surface area contributed by atoms with E-state index in [9.17, 15) is 4.79 Å². The molecule has 2 aromatic heterocycles. The fourth-order valence-electron chi connectivity index (χ4n) is 2.76. The summed E-state index contributed by atoms with van der Waals surface area (Å²) in [6, 6.07) is 9.56. The minimum Gasteiger partial charge on any atom is -0.441 e. The van der Waals surface area contributed by atoms with Gasteiger partial charge in [0.05, 0.1) is 24.4 Å². The first-order valence-corrected chi connectivity index (χ1v) is 8.25. The summed E-state index contributed by atoms with van der Waals surface area (Å²) in [5.41, 5.74) is 3.61. The van der Waals surface area contributed by atoms with Crippen LogP contribution < -0.4 is 5.32 Å². The molecule has 0 spiro atoms. The van der Waals surface area contributed by atoms with Gasteiger partial charge >= 0.3 is 0 Å². The second-order valence-corrected chi connectivity index (χ2v) is 6.16. The van der Waals surface area contributed by atoms with E-state index < -0.39 is 0 Å². The summed E-state index contributed by atoms with van der Waals surface area (Å²) in [6.45, 7) is 5.77. The lowest BCUT2D eigenvalue weighted by molar-refractivity contribution is -0.121. The van der Waals surface area contributed by atoms with Crippen molar-refractivity contribution >= 4 is 5.91 Å². The largest absolute Gasteiger partial charge is 0.441 e. The molecule has 0 fully saturated rings. The summed E-state index contributed by atoms with van der Waals surface area (Å²) < 4.78 is 7.51. The molecule has 1 N–H and O–H groups in total. The van der Waals surface area contributed by atoms with Gasteiger partial charge in [-0.25, -0.2) is 4.98 Å².